The van der Waals surface area contributed by atoms with Gasteiger partial charge >= 0.3 is 5.97 Å². The molecule has 2 aliphatic heterocycles. The molecule has 8 nitrogen and oxygen atoms in total. The number of fused-ring (bicyclic) bond motifs is 5. The molecule has 0 fully saturated rings. The third kappa shape index (κ3) is 2.30. The number of aliphatic hydroxyl groups is 2. The lowest BCUT2D eigenvalue weighted by molar-refractivity contribution is -0.172. The van der Waals surface area contributed by atoms with Crippen molar-refractivity contribution in [2.45, 2.75) is 38.7 Å². The van der Waals surface area contributed by atoms with Crippen LogP contribution >= 0.6 is 0 Å². The first-order chi connectivity index (χ1) is 15.1. The minimum absolute atomic E-state index is 0.0323. The molecule has 0 radical (unpaired) electrons. The zero-order valence-electron chi connectivity index (χ0n) is 18.4. The first-order valence-corrected chi connectivity index (χ1v) is 9.09. The van der Waals surface area contributed by atoms with E-state index in [2.05, 4.69) is 10.1 Å². The molecule has 1 atom stereocenters. The highest BCUT2D eigenvalue weighted by atomic mass is 16.6. The van der Waals surface area contributed by atoms with Crippen molar-refractivity contribution in [2.24, 2.45) is 0 Å². The minimum atomic E-state index is -2.55. The molecule has 0 bridgehead atoms. The van der Waals surface area contributed by atoms with E-state index in [1.807, 2.05) is 0 Å². The quantitative estimate of drug-likeness (QED) is 0.445. The maximum absolute atomic E-state index is 13.2. The van der Waals surface area contributed by atoms with Gasteiger partial charge in [-0.2, -0.15) is 0 Å². The molecular formula is C21H18N2O6. The number of nitrogens with zero attached hydrogens (tertiary/aromatic N) is 2. The fourth-order valence-electron chi connectivity index (χ4n) is 4.10. The smallest absolute Gasteiger partial charge is 0.343 e. The Morgan fingerprint density at radius 2 is 2.17 bits per heavy atom. The van der Waals surface area contributed by atoms with Crippen LogP contribution in [0, 0.1) is 0 Å². The molecule has 3 aromatic rings. The molecule has 0 spiro atoms. The van der Waals surface area contributed by atoms with Crippen LogP contribution in [0.15, 0.2) is 29.1 Å². The molecule has 29 heavy (non-hydrogen) atoms. The van der Waals surface area contributed by atoms with Crippen LogP contribution < -0.4 is 5.56 Å². The van der Waals surface area contributed by atoms with Crippen molar-refractivity contribution in [1.29, 1.82) is 1.43 Å². The highest BCUT2D eigenvalue weighted by molar-refractivity contribution is 5.87. The van der Waals surface area contributed by atoms with Gasteiger partial charge in [0.25, 0.3) is 5.56 Å². The Morgan fingerprint density at radius 3 is 2.93 bits per heavy atom. The lowest BCUT2D eigenvalue weighted by Crippen LogP contribution is -2.44. The summed E-state index contributed by atoms with van der Waals surface area (Å²) < 4.78 is 29.0. The van der Waals surface area contributed by atoms with E-state index in [1.165, 1.54) is 16.7 Å². The number of pyridine rings is 2. The fraction of sp³-hybridized carbons (Fsp3) is 0.286. The van der Waals surface area contributed by atoms with Gasteiger partial charge in [0.1, 0.15) is 12.4 Å². The van der Waals surface area contributed by atoms with E-state index in [9.17, 15) is 19.8 Å². The number of carbonyl (C=O) groups is 1. The van der Waals surface area contributed by atoms with Crippen LogP contribution in [0.5, 0.6) is 5.75 Å². The van der Waals surface area contributed by atoms with E-state index in [0.29, 0.717) is 27.9 Å². The Bertz CT molecular complexity index is 1390. The Balaban J connectivity index is 1.75. The summed E-state index contributed by atoms with van der Waals surface area (Å²) in [6.07, 6.45) is 0.0323. The number of aromatic nitrogens is 2. The second-order valence-electron chi connectivity index (χ2n) is 7.26. The molecule has 0 saturated heterocycles. The van der Waals surface area contributed by atoms with Crippen LogP contribution in [0.3, 0.4) is 0 Å². The number of hydrogen-bond donors (Lipinski definition) is 3. The number of esters is 1. The SMILES string of the molecule is [2H]OC([2H])([2H])c1cc2nc3c(cc2cc1O)Cn1c-3cc2c(c1=O)COC(=O)[C@]2(O)CC. The molecule has 2 aliphatic rings. The number of rotatable bonds is 3. The first-order valence-electron chi connectivity index (χ1n) is 10.5. The van der Waals surface area contributed by atoms with E-state index < -0.39 is 18.1 Å². The molecule has 5 rings (SSSR count). The zero-order valence-corrected chi connectivity index (χ0v) is 15.4. The number of carbonyl (C=O) groups excluding carboxylic acids is 1. The monoisotopic (exact) mass is 397 g/mol. The first kappa shape index (κ1) is 14.7. The van der Waals surface area contributed by atoms with E-state index in [0.717, 1.165) is 0 Å². The molecule has 0 saturated carbocycles. The minimum Gasteiger partial charge on any atom is -0.508 e. The maximum Gasteiger partial charge on any atom is 0.343 e. The van der Waals surface area contributed by atoms with Crippen LogP contribution in [-0.4, -0.2) is 32.3 Å². The van der Waals surface area contributed by atoms with Crippen LogP contribution in [0.1, 0.15) is 38.3 Å². The zero-order chi connectivity index (χ0) is 23.0. The summed E-state index contributed by atoms with van der Waals surface area (Å²) in [6, 6.07) is 5.93. The summed E-state index contributed by atoms with van der Waals surface area (Å²) in [4.78, 5) is 30.0. The van der Waals surface area contributed by atoms with Crippen LogP contribution in [0.4, 0.5) is 0 Å². The van der Waals surface area contributed by atoms with E-state index >= 15 is 0 Å². The van der Waals surface area contributed by atoms with Gasteiger partial charge in [0.2, 0.25) is 1.43 Å². The van der Waals surface area contributed by atoms with Crippen LogP contribution in [0.25, 0.3) is 22.3 Å². The van der Waals surface area contributed by atoms with Gasteiger partial charge in [-0.05, 0) is 30.7 Å². The Kier molecular flexibility index (Phi) is 2.99. The molecule has 148 valence electrons. The van der Waals surface area contributed by atoms with Gasteiger partial charge in [-0.3, -0.25) is 4.79 Å². The standard InChI is InChI=1S/C21H18N2O6/c1-2-21(28)14-6-16-18-11(7-23(16)19(26)13(14)9-29-20(21)27)3-10-5-17(25)12(8-24)4-15(10)22-18/h3-6,24-25,28H,2,7-9H2,1H3/t21-/m0/s1/i8D2,24D. The summed E-state index contributed by atoms with van der Waals surface area (Å²) in [5.74, 6) is -1.19. The molecule has 8 heteroatoms. The molecule has 3 N–H and O–H groups in total. The highest BCUT2D eigenvalue weighted by Crippen LogP contribution is 2.39. The van der Waals surface area contributed by atoms with Crippen molar-refractivity contribution in [2.75, 3.05) is 0 Å². The summed E-state index contributed by atoms with van der Waals surface area (Å²) in [5.41, 5.74) is -0.276. The second kappa shape index (κ2) is 5.88. The summed E-state index contributed by atoms with van der Waals surface area (Å²) in [6.45, 7) is -0.944. The fourth-order valence-corrected chi connectivity index (χ4v) is 4.10. The van der Waals surface area contributed by atoms with Crippen molar-refractivity contribution < 1.29 is 27.6 Å². The topological polar surface area (TPSA) is 122 Å². The molecule has 2 aromatic heterocycles. The Labute approximate surface area is 168 Å². The molecular weight excluding hydrogens is 376 g/mol. The van der Waals surface area contributed by atoms with Crippen molar-refractivity contribution in [1.82, 2.24) is 9.55 Å². The van der Waals surface area contributed by atoms with Gasteiger partial charge in [-0.15, -0.1) is 0 Å². The maximum atomic E-state index is 13.2. The number of hydrogen-bond acceptors (Lipinski definition) is 7. The second-order valence-corrected chi connectivity index (χ2v) is 7.26. The number of aromatic hydroxyl groups is 1. The molecule has 1 aromatic carbocycles. The lowest BCUT2D eigenvalue weighted by atomic mass is 9.86. The summed E-state index contributed by atoms with van der Waals surface area (Å²) >= 11 is 0. The molecule has 0 amide bonds. The number of benzene rings is 1. The van der Waals surface area contributed by atoms with E-state index in [-0.39, 0.29) is 47.6 Å². The van der Waals surface area contributed by atoms with Gasteiger partial charge < -0.3 is 24.6 Å². The summed E-state index contributed by atoms with van der Waals surface area (Å²) in [5, 5.41) is 25.8. The highest BCUT2D eigenvalue weighted by Gasteiger charge is 2.45. The molecule has 0 aliphatic carbocycles. The number of ether oxygens (including phenoxy) is 1. The third-order valence-electron chi connectivity index (χ3n) is 5.73. The average Bonchev–Trinajstić information content (AvgIpc) is 3.12. The predicted molar refractivity (Wildman–Crippen MR) is 102 cm³/mol. The number of cyclic esters (lactones) is 1. The normalized spacial score (nSPS) is 21.6. The van der Waals surface area contributed by atoms with Gasteiger partial charge in [-0.1, -0.05) is 6.92 Å². The third-order valence-corrected chi connectivity index (χ3v) is 5.73. The van der Waals surface area contributed by atoms with Crippen molar-refractivity contribution in [3.05, 3.63) is 56.9 Å². The average molecular weight is 397 g/mol. The summed E-state index contributed by atoms with van der Waals surface area (Å²) in [7, 11) is 0. The van der Waals surface area contributed by atoms with Gasteiger partial charge in [0.05, 0.1) is 38.3 Å². The lowest BCUT2D eigenvalue weighted by Gasteiger charge is -2.31. The van der Waals surface area contributed by atoms with Gasteiger partial charge in [0, 0.05) is 22.1 Å². The van der Waals surface area contributed by atoms with E-state index in [1.54, 1.807) is 19.1 Å². The Morgan fingerprint density at radius 1 is 1.34 bits per heavy atom. The van der Waals surface area contributed by atoms with Crippen LogP contribution in [0.2, 0.25) is 0 Å². The molecule has 4 heterocycles. The Hall–Kier alpha value is -3.23. The van der Waals surface area contributed by atoms with Crippen molar-refractivity contribution in [3.8, 4) is 17.1 Å². The van der Waals surface area contributed by atoms with Crippen molar-refractivity contribution in [3.63, 3.8) is 0 Å². The van der Waals surface area contributed by atoms with Crippen molar-refractivity contribution >= 4 is 16.9 Å². The predicted octanol–water partition coefficient (Wildman–Crippen LogP) is 1.28. The molecule has 0 unspecified atom stereocenters. The largest absolute Gasteiger partial charge is 0.508 e. The van der Waals surface area contributed by atoms with Crippen LogP contribution in [-0.2, 0) is 34.8 Å². The van der Waals surface area contributed by atoms with Gasteiger partial charge in [-0.25, -0.2) is 9.78 Å². The van der Waals surface area contributed by atoms with E-state index in [4.69, 9.17) is 8.91 Å². The van der Waals surface area contributed by atoms with Gasteiger partial charge in [0.15, 0.2) is 5.60 Å². The number of phenols is 1.